The number of fused-ring (bicyclic) bond motifs is 2. The normalized spacial score (nSPS) is 20.8. The van der Waals surface area contributed by atoms with E-state index in [9.17, 15) is 28.8 Å². The first-order valence-corrected chi connectivity index (χ1v) is 10.5. The predicted molar refractivity (Wildman–Crippen MR) is 109 cm³/mol. The van der Waals surface area contributed by atoms with E-state index in [1.54, 1.807) is 0 Å². The van der Waals surface area contributed by atoms with E-state index in [1.807, 2.05) is 0 Å². The molecule has 1 saturated carbocycles. The summed E-state index contributed by atoms with van der Waals surface area (Å²) in [5.41, 5.74) is 0.406. The van der Waals surface area contributed by atoms with Gasteiger partial charge in [-0.05, 0) is 55.7 Å². The Balaban J connectivity index is 1.22. The first-order valence-electron chi connectivity index (χ1n) is 10.5. The summed E-state index contributed by atoms with van der Waals surface area (Å²) in [6.07, 6.45) is 1.01. The van der Waals surface area contributed by atoms with Crippen molar-refractivity contribution in [3.8, 4) is 0 Å². The van der Waals surface area contributed by atoms with Gasteiger partial charge in [0.25, 0.3) is 0 Å². The molecule has 1 fully saturated rings. The highest BCUT2D eigenvalue weighted by atomic mass is 16.6. The van der Waals surface area contributed by atoms with Crippen LogP contribution in [0.3, 0.4) is 0 Å². The molecule has 0 amide bonds. The van der Waals surface area contributed by atoms with Gasteiger partial charge in [-0.15, -0.1) is 0 Å². The fraction of sp³-hybridized carbons (Fsp3) is 0.250. The first kappa shape index (κ1) is 21.5. The average molecular weight is 464 g/mol. The molecular weight excluding hydrogens is 448 g/mol. The van der Waals surface area contributed by atoms with E-state index in [0.717, 1.165) is 0 Å². The van der Waals surface area contributed by atoms with E-state index < -0.39 is 48.0 Å². The Morgan fingerprint density at radius 2 is 1.06 bits per heavy atom. The fourth-order valence-corrected chi connectivity index (χ4v) is 4.18. The number of carbonyl (C=O) groups excluding carboxylic acids is 6. The Hall–Kier alpha value is -4.34. The van der Waals surface area contributed by atoms with E-state index in [0.29, 0.717) is 19.3 Å². The average Bonchev–Trinajstić information content (AvgIpc) is 3.27. The highest BCUT2D eigenvalue weighted by molar-refractivity contribution is 6.16. The van der Waals surface area contributed by atoms with Gasteiger partial charge in [-0.25, -0.2) is 28.8 Å². The van der Waals surface area contributed by atoms with E-state index in [4.69, 9.17) is 9.47 Å². The third-order valence-corrected chi connectivity index (χ3v) is 5.89. The Kier molecular flexibility index (Phi) is 5.20. The van der Waals surface area contributed by atoms with Gasteiger partial charge < -0.3 is 18.9 Å². The number of hydrogen-bond acceptors (Lipinski definition) is 10. The molecule has 5 rings (SSSR count). The highest BCUT2D eigenvalue weighted by Crippen LogP contribution is 2.28. The second kappa shape index (κ2) is 8.22. The summed E-state index contributed by atoms with van der Waals surface area (Å²) in [5, 5.41) is 0. The molecule has 10 heteroatoms. The lowest BCUT2D eigenvalue weighted by molar-refractivity contribution is -0.0177. The maximum absolute atomic E-state index is 12.6. The predicted octanol–water partition coefficient (Wildman–Crippen LogP) is 2.63. The molecule has 2 aliphatic heterocycles. The SMILES string of the molecule is O=C(OC1CCCC(OC(=O)c2ccc3c(c2)C(=O)OC3=O)C1)c1ccc2c(c1)C(=O)OC2=O. The van der Waals surface area contributed by atoms with Gasteiger partial charge in [0.1, 0.15) is 12.2 Å². The van der Waals surface area contributed by atoms with Gasteiger partial charge in [0.2, 0.25) is 0 Å². The molecule has 0 radical (unpaired) electrons. The summed E-state index contributed by atoms with van der Waals surface area (Å²) in [7, 11) is 0. The monoisotopic (exact) mass is 464 g/mol. The Morgan fingerprint density at radius 3 is 1.50 bits per heavy atom. The standard InChI is InChI=1S/C24H16O10/c25-19(11-4-6-15-17(8-11)23(29)33-21(15)27)31-13-2-1-3-14(10-13)32-20(26)12-5-7-16-18(9-12)24(30)34-22(16)28/h4-9,13-14H,1-3,10H2. The number of carbonyl (C=O) groups is 6. The Labute approximate surface area is 191 Å². The van der Waals surface area contributed by atoms with Crippen LogP contribution in [-0.2, 0) is 18.9 Å². The molecule has 2 atom stereocenters. The van der Waals surface area contributed by atoms with Crippen LogP contribution < -0.4 is 0 Å². The van der Waals surface area contributed by atoms with Gasteiger partial charge in [0, 0.05) is 6.42 Å². The molecular formula is C24H16O10. The maximum Gasteiger partial charge on any atom is 0.346 e. The van der Waals surface area contributed by atoms with Gasteiger partial charge in [0.05, 0.1) is 33.4 Å². The van der Waals surface area contributed by atoms with Crippen LogP contribution in [0.4, 0.5) is 0 Å². The molecule has 3 aliphatic rings. The van der Waals surface area contributed by atoms with Gasteiger partial charge in [0.15, 0.2) is 0 Å². The van der Waals surface area contributed by atoms with Crippen molar-refractivity contribution >= 4 is 35.8 Å². The summed E-state index contributed by atoms with van der Waals surface area (Å²) >= 11 is 0. The van der Waals surface area contributed by atoms with Crippen molar-refractivity contribution in [2.75, 3.05) is 0 Å². The highest BCUT2D eigenvalue weighted by Gasteiger charge is 2.33. The molecule has 2 unspecified atom stereocenters. The summed E-state index contributed by atoms with van der Waals surface area (Å²) in [6, 6.07) is 7.95. The van der Waals surface area contributed by atoms with Gasteiger partial charge in [-0.1, -0.05) is 0 Å². The lowest BCUT2D eigenvalue weighted by atomic mass is 9.94. The van der Waals surface area contributed by atoms with Crippen molar-refractivity contribution in [2.24, 2.45) is 0 Å². The lowest BCUT2D eigenvalue weighted by Gasteiger charge is -2.28. The number of benzene rings is 2. The third kappa shape index (κ3) is 3.83. The van der Waals surface area contributed by atoms with Crippen molar-refractivity contribution in [1.82, 2.24) is 0 Å². The van der Waals surface area contributed by atoms with Gasteiger partial charge in [-0.2, -0.15) is 0 Å². The smallest absolute Gasteiger partial charge is 0.346 e. The number of ether oxygens (including phenoxy) is 4. The number of cyclic esters (lactones) is 4. The summed E-state index contributed by atoms with van der Waals surface area (Å²) < 4.78 is 20.1. The summed E-state index contributed by atoms with van der Waals surface area (Å²) in [5.74, 6) is -4.50. The topological polar surface area (TPSA) is 139 Å². The van der Waals surface area contributed by atoms with E-state index >= 15 is 0 Å². The molecule has 172 valence electrons. The van der Waals surface area contributed by atoms with Gasteiger partial charge in [-0.3, -0.25) is 0 Å². The van der Waals surface area contributed by atoms with E-state index in [1.165, 1.54) is 36.4 Å². The molecule has 0 N–H and O–H groups in total. The van der Waals surface area contributed by atoms with Crippen molar-refractivity contribution in [2.45, 2.75) is 37.9 Å². The fourth-order valence-electron chi connectivity index (χ4n) is 4.18. The van der Waals surface area contributed by atoms with Crippen molar-refractivity contribution in [3.63, 3.8) is 0 Å². The van der Waals surface area contributed by atoms with Crippen LogP contribution >= 0.6 is 0 Å². The number of esters is 6. The third-order valence-electron chi connectivity index (χ3n) is 5.89. The van der Waals surface area contributed by atoms with Crippen LogP contribution in [0.1, 0.15) is 87.8 Å². The van der Waals surface area contributed by atoms with Crippen molar-refractivity contribution in [3.05, 3.63) is 69.8 Å². The minimum absolute atomic E-state index is 0.00910. The lowest BCUT2D eigenvalue weighted by Crippen LogP contribution is -2.31. The second-order valence-electron chi connectivity index (χ2n) is 8.10. The molecule has 2 aromatic rings. The zero-order chi connectivity index (χ0) is 24.0. The molecule has 2 aromatic carbocycles. The molecule has 0 spiro atoms. The van der Waals surface area contributed by atoms with E-state index in [-0.39, 0.29) is 39.8 Å². The molecule has 0 aromatic heterocycles. The van der Waals surface area contributed by atoms with Crippen LogP contribution in [0.15, 0.2) is 36.4 Å². The summed E-state index contributed by atoms with van der Waals surface area (Å²) in [4.78, 5) is 71.7. The summed E-state index contributed by atoms with van der Waals surface area (Å²) in [6.45, 7) is 0. The quantitative estimate of drug-likeness (QED) is 0.377. The molecule has 0 saturated heterocycles. The molecule has 0 bridgehead atoms. The minimum Gasteiger partial charge on any atom is -0.459 e. The molecule has 10 nitrogen and oxygen atoms in total. The Morgan fingerprint density at radius 1 is 0.647 bits per heavy atom. The molecule has 1 aliphatic carbocycles. The van der Waals surface area contributed by atoms with Crippen LogP contribution in [0.2, 0.25) is 0 Å². The second-order valence-corrected chi connectivity index (χ2v) is 8.10. The zero-order valence-corrected chi connectivity index (χ0v) is 17.5. The van der Waals surface area contributed by atoms with Crippen LogP contribution in [-0.4, -0.2) is 48.0 Å². The van der Waals surface area contributed by atoms with Crippen molar-refractivity contribution < 1.29 is 47.7 Å². The molecule has 2 heterocycles. The number of hydrogen-bond donors (Lipinski definition) is 0. The van der Waals surface area contributed by atoms with Crippen LogP contribution in [0, 0.1) is 0 Å². The first-order chi connectivity index (χ1) is 16.3. The van der Waals surface area contributed by atoms with Gasteiger partial charge >= 0.3 is 35.8 Å². The minimum atomic E-state index is -0.816. The van der Waals surface area contributed by atoms with Crippen molar-refractivity contribution in [1.29, 1.82) is 0 Å². The zero-order valence-electron chi connectivity index (χ0n) is 17.5. The molecule has 34 heavy (non-hydrogen) atoms. The van der Waals surface area contributed by atoms with Crippen LogP contribution in [0.5, 0.6) is 0 Å². The number of rotatable bonds is 4. The van der Waals surface area contributed by atoms with Crippen LogP contribution in [0.25, 0.3) is 0 Å². The van der Waals surface area contributed by atoms with E-state index in [2.05, 4.69) is 9.47 Å². The Bertz CT molecular complexity index is 1190. The maximum atomic E-state index is 12.6. The largest absolute Gasteiger partial charge is 0.459 e.